The van der Waals surface area contributed by atoms with Gasteiger partial charge >= 0.3 is 0 Å². The highest BCUT2D eigenvalue weighted by Crippen LogP contribution is 2.23. The highest BCUT2D eigenvalue weighted by Gasteiger charge is 2.34. The summed E-state index contributed by atoms with van der Waals surface area (Å²) < 4.78 is 1.87. The predicted molar refractivity (Wildman–Crippen MR) is 107 cm³/mol. The second-order valence-electron chi connectivity index (χ2n) is 7.03. The smallest absolute Gasteiger partial charge is 0.261 e. The zero-order chi connectivity index (χ0) is 19.5. The van der Waals surface area contributed by atoms with Crippen LogP contribution >= 0.6 is 11.3 Å². The Hall–Kier alpha value is -2.61. The highest BCUT2D eigenvalue weighted by molar-refractivity contribution is 7.16. The summed E-state index contributed by atoms with van der Waals surface area (Å²) in [5.74, 6) is 0.604. The van der Waals surface area contributed by atoms with Crippen LogP contribution in [0.3, 0.4) is 0 Å². The molecular weight excluding hydrogens is 374 g/mol. The Bertz CT molecular complexity index is 974. The van der Waals surface area contributed by atoms with Crippen molar-refractivity contribution in [1.82, 2.24) is 24.7 Å². The number of carbonyl (C=O) groups excluding carboxylic acids is 2. The summed E-state index contributed by atoms with van der Waals surface area (Å²) in [5.41, 5.74) is 1.05. The minimum absolute atomic E-state index is 0.164. The van der Waals surface area contributed by atoms with Gasteiger partial charge in [0.05, 0.1) is 11.1 Å². The van der Waals surface area contributed by atoms with Crippen LogP contribution in [0.15, 0.2) is 24.3 Å². The molecule has 0 radical (unpaired) electrons. The third-order valence-corrected chi connectivity index (χ3v) is 5.93. The Morgan fingerprint density at radius 1 is 0.929 bits per heavy atom. The highest BCUT2D eigenvalue weighted by atomic mass is 32.1. The number of hydrogen-bond acceptors (Lipinski definition) is 6. The molecule has 0 bridgehead atoms. The third-order valence-electron chi connectivity index (χ3n) is 4.97. The van der Waals surface area contributed by atoms with Gasteiger partial charge < -0.3 is 0 Å². The second-order valence-corrected chi connectivity index (χ2v) is 8.07. The second kappa shape index (κ2) is 8.18. The Kier molecular flexibility index (Phi) is 5.47. The molecule has 7 nitrogen and oxygen atoms in total. The first-order valence-electron chi connectivity index (χ1n) is 9.84. The monoisotopic (exact) mass is 397 g/mol. The molecule has 0 aliphatic carbocycles. The van der Waals surface area contributed by atoms with Crippen molar-refractivity contribution >= 4 is 28.1 Å². The summed E-state index contributed by atoms with van der Waals surface area (Å²) in [6.07, 6.45) is 6.74. The first kappa shape index (κ1) is 18.7. The number of carbonyl (C=O) groups is 2. The molecule has 8 heteroatoms. The van der Waals surface area contributed by atoms with E-state index in [0.29, 0.717) is 17.7 Å². The van der Waals surface area contributed by atoms with Crippen molar-refractivity contribution in [2.24, 2.45) is 0 Å². The zero-order valence-corrected chi connectivity index (χ0v) is 16.7. The van der Waals surface area contributed by atoms with Crippen LogP contribution < -0.4 is 0 Å². The van der Waals surface area contributed by atoms with Crippen molar-refractivity contribution in [3.63, 3.8) is 0 Å². The van der Waals surface area contributed by atoms with Gasteiger partial charge in [-0.15, -0.1) is 10.2 Å². The summed E-state index contributed by atoms with van der Waals surface area (Å²) in [6.45, 7) is 2.61. The quantitative estimate of drug-likeness (QED) is 0.407. The van der Waals surface area contributed by atoms with Crippen molar-refractivity contribution in [2.45, 2.75) is 51.9 Å². The van der Waals surface area contributed by atoms with E-state index in [1.165, 1.54) is 4.90 Å². The van der Waals surface area contributed by atoms with Crippen molar-refractivity contribution < 1.29 is 9.59 Å². The first-order valence-corrected chi connectivity index (χ1v) is 10.7. The largest absolute Gasteiger partial charge is 0.274 e. The summed E-state index contributed by atoms with van der Waals surface area (Å²) in [4.78, 5) is 26.9. The van der Waals surface area contributed by atoms with Gasteiger partial charge in [-0.05, 0) is 31.4 Å². The van der Waals surface area contributed by atoms with E-state index in [1.54, 1.807) is 35.6 Å². The lowest BCUT2D eigenvalue weighted by atomic mass is 10.1. The van der Waals surface area contributed by atoms with E-state index in [-0.39, 0.29) is 11.8 Å². The standard InChI is InChI=1S/C20H23N5O2S/c1-2-9-16-21-22-20-25(16)23-17(28-20)12-5-3-4-8-13-24-18(26)14-10-6-7-11-15(14)19(24)27/h6-7,10-11H,2-5,8-9,12-13H2,1H3. The zero-order valence-electron chi connectivity index (χ0n) is 15.9. The Morgan fingerprint density at radius 2 is 1.64 bits per heavy atom. The fraction of sp³-hybridized carbons (Fsp3) is 0.450. The molecule has 1 aliphatic heterocycles. The first-order chi connectivity index (χ1) is 13.7. The molecule has 2 amide bonds. The number of aromatic nitrogens is 4. The maximum absolute atomic E-state index is 12.3. The minimum Gasteiger partial charge on any atom is -0.274 e. The average molecular weight is 398 g/mol. The van der Waals surface area contributed by atoms with E-state index >= 15 is 0 Å². The average Bonchev–Trinajstić information content (AvgIpc) is 3.34. The van der Waals surface area contributed by atoms with E-state index in [1.807, 2.05) is 4.52 Å². The lowest BCUT2D eigenvalue weighted by Gasteiger charge is -2.13. The Balaban J connectivity index is 1.21. The van der Waals surface area contributed by atoms with Gasteiger partial charge in [-0.25, -0.2) is 0 Å². The fourth-order valence-corrected chi connectivity index (χ4v) is 4.41. The van der Waals surface area contributed by atoms with Gasteiger partial charge in [0.2, 0.25) is 4.96 Å². The van der Waals surface area contributed by atoms with E-state index < -0.39 is 0 Å². The summed E-state index contributed by atoms with van der Waals surface area (Å²) in [6, 6.07) is 7.04. The number of imide groups is 1. The molecule has 0 fully saturated rings. The normalized spacial score (nSPS) is 13.7. The van der Waals surface area contributed by atoms with E-state index in [0.717, 1.165) is 60.7 Å². The molecule has 4 rings (SSSR count). The topological polar surface area (TPSA) is 80.5 Å². The van der Waals surface area contributed by atoms with Crippen LogP contribution in [0, 0.1) is 0 Å². The molecule has 0 N–H and O–H groups in total. The van der Waals surface area contributed by atoms with Crippen LogP contribution in [0.1, 0.15) is 70.6 Å². The molecule has 0 saturated heterocycles. The van der Waals surface area contributed by atoms with Gasteiger partial charge in [0.15, 0.2) is 5.82 Å². The Morgan fingerprint density at radius 3 is 2.36 bits per heavy atom. The van der Waals surface area contributed by atoms with Crippen LogP contribution in [-0.2, 0) is 12.8 Å². The summed E-state index contributed by atoms with van der Waals surface area (Å²) in [7, 11) is 0. The molecule has 0 unspecified atom stereocenters. The lowest BCUT2D eigenvalue weighted by Crippen LogP contribution is -2.30. The molecule has 0 atom stereocenters. The van der Waals surface area contributed by atoms with Gasteiger partial charge in [0, 0.05) is 19.4 Å². The molecule has 2 aromatic heterocycles. The van der Waals surface area contributed by atoms with Crippen molar-refractivity contribution in [2.75, 3.05) is 6.54 Å². The van der Waals surface area contributed by atoms with Crippen molar-refractivity contribution in [3.8, 4) is 0 Å². The maximum atomic E-state index is 12.3. The van der Waals surface area contributed by atoms with Gasteiger partial charge in [-0.1, -0.05) is 43.2 Å². The number of aryl methyl sites for hydroxylation is 2. The predicted octanol–water partition coefficient (Wildman–Crippen LogP) is 3.54. The maximum Gasteiger partial charge on any atom is 0.261 e. The molecule has 1 aromatic carbocycles. The Labute approximate surface area is 167 Å². The molecule has 1 aliphatic rings. The molecule has 28 heavy (non-hydrogen) atoms. The number of benzene rings is 1. The van der Waals surface area contributed by atoms with Crippen LogP contribution in [0.5, 0.6) is 0 Å². The van der Waals surface area contributed by atoms with Gasteiger partial charge in [0.1, 0.15) is 5.01 Å². The number of amides is 2. The van der Waals surface area contributed by atoms with Crippen LogP contribution in [-0.4, -0.2) is 43.1 Å². The summed E-state index contributed by atoms with van der Waals surface area (Å²) in [5, 5.41) is 14.1. The number of rotatable bonds is 9. The van der Waals surface area contributed by atoms with E-state index in [9.17, 15) is 9.59 Å². The molecule has 0 saturated carbocycles. The molecular formula is C20H23N5O2S. The number of unbranched alkanes of at least 4 members (excludes halogenated alkanes) is 3. The van der Waals surface area contributed by atoms with Crippen LogP contribution in [0.2, 0.25) is 0 Å². The fourth-order valence-electron chi connectivity index (χ4n) is 3.52. The number of nitrogens with zero attached hydrogens (tertiary/aromatic N) is 5. The van der Waals surface area contributed by atoms with Crippen LogP contribution in [0.4, 0.5) is 0 Å². The molecule has 146 valence electrons. The number of fused-ring (bicyclic) bond motifs is 2. The van der Waals surface area contributed by atoms with E-state index in [4.69, 9.17) is 0 Å². The molecule has 3 aromatic rings. The van der Waals surface area contributed by atoms with Crippen LogP contribution in [0.25, 0.3) is 4.96 Å². The lowest BCUT2D eigenvalue weighted by molar-refractivity contribution is 0.0651. The van der Waals surface area contributed by atoms with E-state index in [2.05, 4.69) is 22.2 Å². The van der Waals surface area contributed by atoms with Gasteiger partial charge in [-0.3, -0.25) is 14.5 Å². The van der Waals surface area contributed by atoms with Gasteiger partial charge in [-0.2, -0.15) is 9.61 Å². The molecule has 3 heterocycles. The molecule has 0 spiro atoms. The van der Waals surface area contributed by atoms with Gasteiger partial charge in [0.25, 0.3) is 11.8 Å². The van der Waals surface area contributed by atoms with Crippen molar-refractivity contribution in [3.05, 3.63) is 46.2 Å². The minimum atomic E-state index is -0.164. The van der Waals surface area contributed by atoms with Crippen molar-refractivity contribution in [1.29, 1.82) is 0 Å². The summed E-state index contributed by atoms with van der Waals surface area (Å²) >= 11 is 1.60. The number of hydrogen-bond donors (Lipinski definition) is 0. The SMILES string of the molecule is CCCc1nnc2sc(CCCCCCN3C(=O)c4ccccc4C3=O)nn12. The third kappa shape index (κ3) is 3.56.